The molecule has 2 aliphatic heterocycles. The Balaban J connectivity index is 1.73. The van der Waals surface area contributed by atoms with E-state index in [9.17, 15) is 4.79 Å². The van der Waals surface area contributed by atoms with Crippen LogP contribution in [0.3, 0.4) is 0 Å². The Morgan fingerprint density at radius 3 is 2.67 bits per heavy atom. The average Bonchev–Trinajstić information content (AvgIpc) is 2.99. The summed E-state index contributed by atoms with van der Waals surface area (Å²) in [7, 11) is 3.76. The highest BCUT2D eigenvalue weighted by Gasteiger charge is 2.39. The first-order chi connectivity index (χ1) is 11.4. The molecule has 0 unspecified atom stereocenters. The molecule has 2 saturated heterocycles. The minimum Gasteiger partial charge on any atom is -0.497 e. The van der Waals surface area contributed by atoms with Gasteiger partial charge in [0.15, 0.2) is 0 Å². The fourth-order valence-corrected chi connectivity index (χ4v) is 4.03. The van der Waals surface area contributed by atoms with Crippen LogP contribution in [0.4, 0.5) is 5.69 Å². The standard InChI is InChI=1S/C19H29N3O2/c1-19(2)14-21(18(23)17-9-6-10-20(17)3)11-12-22(19)15-7-5-8-16(13-15)24-4/h5,7-8,13,17H,6,9-12,14H2,1-4H3/t17-/m0/s1. The van der Waals surface area contributed by atoms with E-state index >= 15 is 0 Å². The number of ether oxygens (including phenoxy) is 1. The number of benzene rings is 1. The van der Waals surface area contributed by atoms with Crippen molar-refractivity contribution in [3.05, 3.63) is 24.3 Å². The van der Waals surface area contributed by atoms with Crippen molar-refractivity contribution in [2.45, 2.75) is 38.3 Å². The van der Waals surface area contributed by atoms with Crippen LogP contribution in [-0.2, 0) is 4.79 Å². The molecule has 0 bridgehead atoms. The molecule has 2 heterocycles. The third-order valence-corrected chi connectivity index (χ3v) is 5.38. The van der Waals surface area contributed by atoms with Gasteiger partial charge in [0.25, 0.3) is 0 Å². The summed E-state index contributed by atoms with van der Waals surface area (Å²) in [6.45, 7) is 7.84. The van der Waals surface area contributed by atoms with Gasteiger partial charge in [0.2, 0.25) is 5.91 Å². The predicted molar refractivity (Wildman–Crippen MR) is 96.7 cm³/mol. The lowest BCUT2D eigenvalue weighted by molar-refractivity contribution is -0.137. The summed E-state index contributed by atoms with van der Waals surface area (Å²) in [6.07, 6.45) is 2.12. The van der Waals surface area contributed by atoms with Crippen LogP contribution in [0.5, 0.6) is 5.75 Å². The molecule has 1 atom stereocenters. The zero-order valence-electron chi connectivity index (χ0n) is 15.3. The number of methoxy groups -OCH3 is 1. The van der Waals surface area contributed by atoms with E-state index in [1.165, 1.54) is 0 Å². The van der Waals surface area contributed by atoms with Gasteiger partial charge >= 0.3 is 0 Å². The Hall–Kier alpha value is -1.75. The summed E-state index contributed by atoms with van der Waals surface area (Å²) in [5.74, 6) is 1.17. The van der Waals surface area contributed by atoms with Crippen molar-refractivity contribution >= 4 is 11.6 Å². The normalized spacial score (nSPS) is 24.2. The third-order valence-electron chi connectivity index (χ3n) is 5.38. The smallest absolute Gasteiger partial charge is 0.240 e. The first-order valence-electron chi connectivity index (χ1n) is 8.83. The maximum atomic E-state index is 12.9. The van der Waals surface area contributed by atoms with Gasteiger partial charge in [0.05, 0.1) is 18.7 Å². The molecule has 0 aliphatic carbocycles. The van der Waals surface area contributed by atoms with Crippen LogP contribution >= 0.6 is 0 Å². The van der Waals surface area contributed by atoms with Gasteiger partial charge in [-0.3, -0.25) is 9.69 Å². The maximum absolute atomic E-state index is 12.9. The Morgan fingerprint density at radius 1 is 1.25 bits per heavy atom. The largest absolute Gasteiger partial charge is 0.497 e. The fourth-order valence-electron chi connectivity index (χ4n) is 4.03. The molecule has 0 N–H and O–H groups in total. The van der Waals surface area contributed by atoms with E-state index in [0.29, 0.717) is 5.91 Å². The minimum atomic E-state index is -0.0998. The zero-order valence-corrected chi connectivity index (χ0v) is 15.3. The van der Waals surface area contributed by atoms with Gasteiger partial charge in [0.1, 0.15) is 5.75 Å². The van der Waals surface area contributed by atoms with Crippen LogP contribution in [0.25, 0.3) is 0 Å². The molecule has 3 rings (SSSR count). The highest BCUT2D eigenvalue weighted by Crippen LogP contribution is 2.31. The van der Waals surface area contributed by atoms with Crippen LogP contribution in [-0.4, -0.2) is 67.6 Å². The lowest BCUT2D eigenvalue weighted by atomic mass is 9.96. The van der Waals surface area contributed by atoms with Crippen molar-refractivity contribution in [1.82, 2.24) is 9.80 Å². The molecule has 2 aliphatic rings. The highest BCUT2D eigenvalue weighted by molar-refractivity contribution is 5.82. The Bertz CT molecular complexity index is 602. The first kappa shape index (κ1) is 17.1. The number of carbonyl (C=O) groups excluding carboxylic acids is 1. The molecule has 1 aromatic carbocycles. The number of nitrogens with zero attached hydrogens (tertiary/aromatic N) is 3. The van der Waals surface area contributed by atoms with Crippen LogP contribution in [0, 0.1) is 0 Å². The summed E-state index contributed by atoms with van der Waals surface area (Å²) < 4.78 is 5.36. The van der Waals surface area contributed by atoms with Crippen LogP contribution in [0.1, 0.15) is 26.7 Å². The predicted octanol–water partition coefficient (Wildman–Crippen LogP) is 2.22. The third kappa shape index (κ3) is 3.22. The average molecular weight is 331 g/mol. The summed E-state index contributed by atoms with van der Waals surface area (Å²) in [5.41, 5.74) is 1.06. The van der Waals surface area contributed by atoms with Crippen LogP contribution in [0.15, 0.2) is 24.3 Å². The number of rotatable bonds is 3. The van der Waals surface area contributed by atoms with E-state index in [4.69, 9.17) is 4.74 Å². The topological polar surface area (TPSA) is 36.0 Å². The number of hydrogen-bond acceptors (Lipinski definition) is 4. The van der Waals surface area contributed by atoms with Gasteiger partial charge in [-0.25, -0.2) is 0 Å². The van der Waals surface area contributed by atoms with Gasteiger partial charge in [-0.15, -0.1) is 0 Å². The summed E-state index contributed by atoms with van der Waals surface area (Å²) in [5, 5.41) is 0. The quantitative estimate of drug-likeness (QED) is 0.851. The number of likely N-dealkylation sites (N-methyl/N-ethyl adjacent to an activating group) is 1. The zero-order chi connectivity index (χ0) is 17.3. The molecule has 1 aromatic rings. The first-order valence-corrected chi connectivity index (χ1v) is 8.83. The molecular weight excluding hydrogens is 302 g/mol. The van der Waals surface area contributed by atoms with Crippen molar-refractivity contribution in [2.24, 2.45) is 0 Å². The monoisotopic (exact) mass is 331 g/mol. The van der Waals surface area contributed by atoms with Gasteiger partial charge < -0.3 is 14.5 Å². The molecule has 132 valence electrons. The lowest BCUT2D eigenvalue weighted by Gasteiger charge is -2.49. The van der Waals surface area contributed by atoms with Gasteiger partial charge in [-0.05, 0) is 52.4 Å². The van der Waals surface area contributed by atoms with E-state index < -0.39 is 0 Å². The number of likely N-dealkylation sites (tertiary alicyclic amines) is 1. The lowest BCUT2D eigenvalue weighted by Crippen LogP contribution is -2.62. The molecular formula is C19H29N3O2. The molecule has 5 heteroatoms. The van der Waals surface area contributed by atoms with Gasteiger partial charge in [-0.1, -0.05) is 6.07 Å². The molecule has 5 nitrogen and oxygen atoms in total. The Morgan fingerprint density at radius 2 is 2.04 bits per heavy atom. The fraction of sp³-hybridized carbons (Fsp3) is 0.632. The summed E-state index contributed by atoms with van der Waals surface area (Å²) >= 11 is 0. The molecule has 24 heavy (non-hydrogen) atoms. The van der Waals surface area contributed by atoms with E-state index in [-0.39, 0.29) is 11.6 Å². The molecule has 0 radical (unpaired) electrons. The molecule has 0 saturated carbocycles. The Kier molecular flexibility index (Phi) is 4.72. The number of hydrogen-bond donors (Lipinski definition) is 0. The van der Waals surface area contributed by atoms with Gasteiger partial charge in [-0.2, -0.15) is 0 Å². The second-order valence-electron chi connectivity index (χ2n) is 7.56. The van der Waals surface area contributed by atoms with Crippen molar-refractivity contribution in [3.63, 3.8) is 0 Å². The van der Waals surface area contributed by atoms with Gasteiger partial charge in [0, 0.05) is 31.4 Å². The van der Waals surface area contributed by atoms with E-state index in [0.717, 1.165) is 50.5 Å². The molecule has 0 aromatic heterocycles. The van der Waals surface area contributed by atoms with E-state index in [1.807, 2.05) is 12.1 Å². The highest BCUT2D eigenvalue weighted by atomic mass is 16.5. The summed E-state index contributed by atoms with van der Waals surface area (Å²) in [4.78, 5) is 19.5. The van der Waals surface area contributed by atoms with E-state index in [2.05, 4.69) is 47.7 Å². The number of amides is 1. The minimum absolute atomic E-state index is 0.0733. The van der Waals surface area contributed by atoms with Crippen LogP contribution < -0.4 is 9.64 Å². The van der Waals surface area contributed by atoms with Crippen molar-refractivity contribution < 1.29 is 9.53 Å². The molecule has 2 fully saturated rings. The van der Waals surface area contributed by atoms with Crippen molar-refractivity contribution in [1.29, 1.82) is 0 Å². The van der Waals surface area contributed by atoms with Crippen molar-refractivity contribution in [3.8, 4) is 5.75 Å². The summed E-state index contributed by atoms with van der Waals surface area (Å²) in [6, 6.07) is 8.25. The SMILES string of the molecule is COc1cccc(N2CCN(C(=O)[C@@H]3CCCN3C)CC2(C)C)c1. The molecule has 0 spiro atoms. The number of anilines is 1. The molecule has 1 amide bonds. The second kappa shape index (κ2) is 6.63. The number of piperazine rings is 1. The van der Waals surface area contributed by atoms with Crippen molar-refractivity contribution in [2.75, 3.05) is 45.2 Å². The second-order valence-corrected chi connectivity index (χ2v) is 7.56. The van der Waals surface area contributed by atoms with Crippen LogP contribution in [0.2, 0.25) is 0 Å². The Labute approximate surface area is 145 Å². The maximum Gasteiger partial charge on any atom is 0.240 e. The van der Waals surface area contributed by atoms with E-state index in [1.54, 1.807) is 7.11 Å². The number of carbonyl (C=O) groups is 1.